The second kappa shape index (κ2) is 7.21. The lowest BCUT2D eigenvalue weighted by Crippen LogP contribution is -2.26. The standard InChI is InChI=1S/C35H29N/c1-34(2,3)24-15-12-22(13-16-24)23-14-18-28-29-19-17-25(36)21-33(29)35(32(28)20-23)30-10-6-4-8-26(30)27-9-5-7-11-31(27)35/h4-21H,36H2,1-3H3. The van der Waals surface area contributed by atoms with Crippen molar-refractivity contribution in [3.63, 3.8) is 0 Å². The summed E-state index contributed by atoms with van der Waals surface area (Å²) in [5, 5.41) is 0. The minimum Gasteiger partial charge on any atom is -0.399 e. The van der Waals surface area contributed by atoms with Gasteiger partial charge in [-0.3, -0.25) is 0 Å². The fraction of sp³-hybridized carbons (Fsp3) is 0.143. The minimum atomic E-state index is -0.366. The third-order valence-corrected chi connectivity index (χ3v) is 8.20. The van der Waals surface area contributed by atoms with Crippen LogP contribution in [0.1, 0.15) is 48.6 Å². The van der Waals surface area contributed by atoms with Crippen molar-refractivity contribution >= 4 is 5.69 Å². The SMILES string of the molecule is CC(C)(C)c1ccc(-c2ccc3c(c2)C2(c4ccccc4-c4ccccc42)c2cc(N)ccc2-3)cc1. The van der Waals surface area contributed by atoms with E-state index in [4.69, 9.17) is 5.73 Å². The molecule has 0 unspecified atom stereocenters. The van der Waals surface area contributed by atoms with Crippen molar-refractivity contribution in [2.75, 3.05) is 5.73 Å². The van der Waals surface area contributed by atoms with E-state index in [1.165, 1.54) is 61.2 Å². The van der Waals surface area contributed by atoms with Crippen molar-refractivity contribution in [3.8, 4) is 33.4 Å². The summed E-state index contributed by atoms with van der Waals surface area (Å²) < 4.78 is 0. The molecule has 7 rings (SSSR count). The Balaban J connectivity index is 1.54. The lowest BCUT2D eigenvalue weighted by atomic mass is 9.70. The first-order valence-electron chi connectivity index (χ1n) is 12.7. The number of rotatable bonds is 1. The highest BCUT2D eigenvalue weighted by Crippen LogP contribution is 2.63. The van der Waals surface area contributed by atoms with Crippen molar-refractivity contribution in [3.05, 3.63) is 137 Å². The van der Waals surface area contributed by atoms with E-state index in [-0.39, 0.29) is 10.8 Å². The highest BCUT2D eigenvalue weighted by molar-refractivity contribution is 5.96. The topological polar surface area (TPSA) is 26.0 Å². The predicted molar refractivity (Wildman–Crippen MR) is 151 cm³/mol. The quantitative estimate of drug-likeness (QED) is 0.242. The average molecular weight is 464 g/mol. The Hall–Kier alpha value is -4.10. The van der Waals surface area contributed by atoms with Crippen LogP contribution < -0.4 is 5.73 Å². The van der Waals surface area contributed by atoms with Gasteiger partial charge in [0, 0.05) is 5.69 Å². The zero-order chi connectivity index (χ0) is 24.7. The van der Waals surface area contributed by atoms with Crippen LogP contribution in [0.15, 0.2) is 109 Å². The summed E-state index contributed by atoms with van der Waals surface area (Å²) in [5.41, 5.74) is 21.4. The maximum atomic E-state index is 6.43. The zero-order valence-corrected chi connectivity index (χ0v) is 21.0. The van der Waals surface area contributed by atoms with Crippen molar-refractivity contribution in [2.24, 2.45) is 0 Å². The van der Waals surface area contributed by atoms with Gasteiger partial charge in [-0.1, -0.05) is 112 Å². The first-order valence-corrected chi connectivity index (χ1v) is 12.7. The van der Waals surface area contributed by atoms with Gasteiger partial charge < -0.3 is 5.73 Å². The summed E-state index contributed by atoms with van der Waals surface area (Å²) in [5.74, 6) is 0. The summed E-state index contributed by atoms with van der Waals surface area (Å²) in [7, 11) is 0. The lowest BCUT2D eigenvalue weighted by molar-refractivity contribution is 0.590. The van der Waals surface area contributed by atoms with Crippen molar-refractivity contribution < 1.29 is 0 Å². The molecule has 0 saturated heterocycles. The van der Waals surface area contributed by atoms with E-state index in [1.54, 1.807) is 0 Å². The average Bonchev–Trinajstić information content (AvgIpc) is 3.35. The molecular weight excluding hydrogens is 434 g/mol. The smallest absolute Gasteiger partial charge is 0.0726 e. The number of hydrogen-bond acceptors (Lipinski definition) is 1. The molecule has 0 amide bonds. The second-order valence-electron chi connectivity index (χ2n) is 11.2. The monoisotopic (exact) mass is 463 g/mol. The van der Waals surface area contributed by atoms with E-state index >= 15 is 0 Å². The predicted octanol–water partition coefficient (Wildman–Crippen LogP) is 8.58. The first kappa shape index (κ1) is 21.2. The molecule has 0 saturated carbocycles. The molecule has 5 aromatic carbocycles. The molecule has 1 nitrogen and oxygen atoms in total. The minimum absolute atomic E-state index is 0.138. The molecule has 2 N–H and O–H groups in total. The molecular formula is C35H29N. The van der Waals surface area contributed by atoms with E-state index in [1.807, 2.05) is 6.07 Å². The summed E-state index contributed by atoms with van der Waals surface area (Å²) >= 11 is 0. The van der Waals surface area contributed by atoms with Crippen LogP contribution in [0.25, 0.3) is 33.4 Å². The Kier molecular flexibility index (Phi) is 4.25. The summed E-state index contributed by atoms with van der Waals surface area (Å²) in [6.07, 6.45) is 0. The Morgan fingerprint density at radius 1 is 0.500 bits per heavy atom. The maximum Gasteiger partial charge on any atom is 0.0726 e. The molecule has 0 fully saturated rings. The Morgan fingerprint density at radius 3 is 1.61 bits per heavy atom. The van der Waals surface area contributed by atoms with Crippen LogP contribution in [0.2, 0.25) is 0 Å². The van der Waals surface area contributed by atoms with Crippen LogP contribution in [0.4, 0.5) is 5.69 Å². The van der Waals surface area contributed by atoms with Gasteiger partial charge >= 0.3 is 0 Å². The van der Waals surface area contributed by atoms with Gasteiger partial charge in [0.1, 0.15) is 0 Å². The number of fused-ring (bicyclic) bond motifs is 10. The largest absolute Gasteiger partial charge is 0.399 e. The molecule has 36 heavy (non-hydrogen) atoms. The molecule has 174 valence electrons. The second-order valence-corrected chi connectivity index (χ2v) is 11.2. The zero-order valence-electron chi connectivity index (χ0n) is 21.0. The van der Waals surface area contributed by atoms with E-state index in [2.05, 4.69) is 124 Å². The Bertz CT molecular complexity index is 1620. The van der Waals surface area contributed by atoms with Crippen molar-refractivity contribution in [1.29, 1.82) is 0 Å². The Labute approximate surface area is 213 Å². The first-order chi connectivity index (χ1) is 17.4. The van der Waals surface area contributed by atoms with Crippen LogP contribution in [0.5, 0.6) is 0 Å². The normalized spacial score (nSPS) is 14.3. The summed E-state index contributed by atoms with van der Waals surface area (Å²) in [6.45, 7) is 6.79. The number of nitrogens with two attached hydrogens (primary N) is 1. The van der Waals surface area contributed by atoms with Gasteiger partial charge in [0.05, 0.1) is 5.41 Å². The molecule has 0 heterocycles. The van der Waals surface area contributed by atoms with Crippen LogP contribution in [0.3, 0.4) is 0 Å². The number of nitrogen functional groups attached to an aromatic ring is 1. The number of benzene rings is 5. The van der Waals surface area contributed by atoms with Gasteiger partial charge in [0.25, 0.3) is 0 Å². The van der Waals surface area contributed by atoms with Gasteiger partial charge in [0.2, 0.25) is 0 Å². The Morgan fingerprint density at radius 2 is 1.00 bits per heavy atom. The maximum absolute atomic E-state index is 6.43. The van der Waals surface area contributed by atoms with E-state index < -0.39 is 0 Å². The highest BCUT2D eigenvalue weighted by atomic mass is 14.6. The molecule has 5 aromatic rings. The van der Waals surface area contributed by atoms with E-state index in [0.717, 1.165) is 5.69 Å². The molecule has 0 atom stereocenters. The molecule has 0 aliphatic heterocycles. The van der Waals surface area contributed by atoms with Gasteiger partial charge in [-0.25, -0.2) is 0 Å². The molecule has 1 heteroatoms. The van der Waals surface area contributed by atoms with Gasteiger partial charge in [-0.15, -0.1) is 0 Å². The van der Waals surface area contributed by atoms with Gasteiger partial charge in [0.15, 0.2) is 0 Å². The molecule has 2 aliphatic rings. The lowest BCUT2D eigenvalue weighted by Gasteiger charge is -2.31. The van der Waals surface area contributed by atoms with E-state index in [0.29, 0.717) is 0 Å². The third-order valence-electron chi connectivity index (χ3n) is 8.20. The number of hydrogen-bond donors (Lipinski definition) is 1. The molecule has 1 spiro atoms. The van der Waals surface area contributed by atoms with Crippen LogP contribution in [-0.2, 0) is 10.8 Å². The number of anilines is 1. The molecule has 0 bridgehead atoms. The summed E-state index contributed by atoms with van der Waals surface area (Å²) in [4.78, 5) is 0. The highest BCUT2D eigenvalue weighted by Gasteiger charge is 2.51. The van der Waals surface area contributed by atoms with Crippen LogP contribution in [0, 0.1) is 0 Å². The van der Waals surface area contributed by atoms with Crippen molar-refractivity contribution in [1.82, 2.24) is 0 Å². The van der Waals surface area contributed by atoms with E-state index in [9.17, 15) is 0 Å². The molecule has 0 aromatic heterocycles. The van der Waals surface area contributed by atoms with Gasteiger partial charge in [-0.2, -0.15) is 0 Å². The molecule has 2 aliphatic carbocycles. The fourth-order valence-corrected chi connectivity index (χ4v) is 6.50. The fourth-order valence-electron chi connectivity index (χ4n) is 6.50. The molecule has 0 radical (unpaired) electrons. The third kappa shape index (κ3) is 2.72. The van der Waals surface area contributed by atoms with Gasteiger partial charge in [-0.05, 0) is 84.8 Å². The van der Waals surface area contributed by atoms with Crippen molar-refractivity contribution in [2.45, 2.75) is 31.6 Å². The van der Waals surface area contributed by atoms with Crippen LogP contribution >= 0.6 is 0 Å². The summed E-state index contributed by atoms with van der Waals surface area (Å²) in [6, 6.07) is 40.3. The van der Waals surface area contributed by atoms with Crippen LogP contribution in [-0.4, -0.2) is 0 Å².